The highest BCUT2D eigenvalue weighted by Crippen LogP contribution is 2.54. The molecule has 13 rings (SSSR count). The Morgan fingerprint density at radius 3 is 2.48 bits per heavy atom. The SMILES string of the molecule is CC(C)Oc1ccccc1[C@@H]1CN(c2ccncc2)CCN1C1CC2(CCN(c3ccc(C(=O)NS(=O)(=O)c4cc5c(c([N+](=O)[O-])c4)N[C@H](C4CCOCC4)CO5)c(N4c5cc6cc[nH]c6nc5O[C@H]5COCC[C@@H]54)c3)CC2)C1. The smallest absolute Gasteiger partial charge is 0.297 e. The van der Waals surface area contributed by atoms with Gasteiger partial charge in [-0.05, 0) is 119 Å². The first-order valence-electron chi connectivity index (χ1n) is 27.8. The maximum atomic E-state index is 14.9. The molecule has 414 valence electrons. The van der Waals surface area contributed by atoms with E-state index in [0.717, 1.165) is 94.1 Å². The van der Waals surface area contributed by atoms with Crippen LogP contribution >= 0.6 is 0 Å². The number of carbonyl (C=O) groups excluding carboxylic acids is 1. The largest absolute Gasteiger partial charge is 0.491 e. The number of nitrogens with zero attached hydrogens (tertiary/aromatic N) is 7. The van der Waals surface area contributed by atoms with Crippen LogP contribution in [0.1, 0.15) is 80.8 Å². The van der Waals surface area contributed by atoms with Crippen molar-refractivity contribution in [2.24, 2.45) is 11.3 Å². The van der Waals surface area contributed by atoms with Gasteiger partial charge in [0.2, 0.25) is 5.88 Å². The van der Waals surface area contributed by atoms with Gasteiger partial charge in [0.1, 0.15) is 29.8 Å². The molecule has 21 heteroatoms. The van der Waals surface area contributed by atoms with Crippen LogP contribution in [0.15, 0.2) is 102 Å². The Balaban J connectivity index is 0.784. The summed E-state index contributed by atoms with van der Waals surface area (Å²) in [5.41, 5.74) is 4.97. The number of benzene rings is 3. The molecule has 3 N–H and O–H groups in total. The van der Waals surface area contributed by atoms with E-state index in [1.807, 2.05) is 42.9 Å². The lowest BCUT2D eigenvalue weighted by molar-refractivity contribution is -0.384. The number of aromatic amines is 1. The minimum absolute atomic E-state index is 0.0251. The van der Waals surface area contributed by atoms with Crippen LogP contribution < -0.4 is 38.9 Å². The predicted molar refractivity (Wildman–Crippen MR) is 298 cm³/mol. The number of pyridine rings is 2. The molecule has 79 heavy (non-hydrogen) atoms. The lowest BCUT2D eigenvalue weighted by Gasteiger charge is -2.58. The molecule has 1 aliphatic carbocycles. The molecule has 0 unspecified atom stereocenters. The van der Waals surface area contributed by atoms with Crippen molar-refractivity contribution in [3.63, 3.8) is 0 Å². The van der Waals surface area contributed by atoms with Crippen molar-refractivity contribution >= 4 is 61.1 Å². The van der Waals surface area contributed by atoms with E-state index < -0.39 is 37.5 Å². The molecule has 1 saturated carbocycles. The number of anilines is 5. The first-order valence-corrected chi connectivity index (χ1v) is 29.3. The second kappa shape index (κ2) is 20.8. The molecule has 5 fully saturated rings. The Bertz CT molecular complexity index is 3380. The van der Waals surface area contributed by atoms with E-state index in [1.165, 1.54) is 17.3 Å². The quantitative estimate of drug-likeness (QED) is 0.0774. The molecule has 6 aliphatic heterocycles. The number of aromatic nitrogens is 3. The third-order valence-corrected chi connectivity index (χ3v) is 18.9. The number of nitrogens with one attached hydrogen (secondary N) is 3. The van der Waals surface area contributed by atoms with Gasteiger partial charge in [-0.3, -0.25) is 24.8 Å². The van der Waals surface area contributed by atoms with Gasteiger partial charge in [0.05, 0.1) is 51.9 Å². The molecule has 3 aromatic heterocycles. The third-order valence-electron chi connectivity index (χ3n) is 17.5. The first kappa shape index (κ1) is 51.3. The minimum Gasteiger partial charge on any atom is -0.491 e. The zero-order valence-electron chi connectivity index (χ0n) is 44.4. The van der Waals surface area contributed by atoms with E-state index in [-0.39, 0.29) is 59.2 Å². The van der Waals surface area contributed by atoms with E-state index in [4.69, 9.17) is 28.7 Å². The van der Waals surface area contributed by atoms with Crippen LogP contribution in [0.2, 0.25) is 0 Å². The summed E-state index contributed by atoms with van der Waals surface area (Å²) in [6, 6.07) is 24.4. The first-order chi connectivity index (χ1) is 38.4. The number of piperidine rings is 1. The second-order valence-corrected chi connectivity index (χ2v) is 24.2. The van der Waals surface area contributed by atoms with E-state index in [0.29, 0.717) is 61.8 Å². The maximum Gasteiger partial charge on any atom is 0.297 e. The fourth-order valence-electron chi connectivity index (χ4n) is 13.4. The lowest BCUT2D eigenvalue weighted by Crippen LogP contribution is -2.60. The van der Waals surface area contributed by atoms with Crippen LogP contribution in [0, 0.1) is 21.4 Å². The zero-order valence-corrected chi connectivity index (χ0v) is 45.2. The van der Waals surface area contributed by atoms with Crippen LogP contribution in [-0.4, -0.2) is 135 Å². The number of fused-ring (bicyclic) bond motifs is 4. The summed E-state index contributed by atoms with van der Waals surface area (Å²) in [6.07, 6.45) is 11.4. The van der Waals surface area contributed by atoms with Gasteiger partial charge in [-0.15, -0.1) is 0 Å². The van der Waals surface area contributed by atoms with Gasteiger partial charge in [-0.2, -0.15) is 4.98 Å². The molecule has 7 aliphatic rings. The summed E-state index contributed by atoms with van der Waals surface area (Å²) < 4.78 is 61.7. The fraction of sp³-hybridized carbons (Fsp3) is 0.466. The van der Waals surface area contributed by atoms with Crippen molar-refractivity contribution in [3.05, 3.63) is 119 Å². The number of rotatable bonds is 12. The van der Waals surface area contributed by atoms with Crippen molar-refractivity contribution in [1.82, 2.24) is 24.6 Å². The van der Waals surface area contributed by atoms with Crippen molar-refractivity contribution in [2.45, 2.75) is 100 Å². The zero-order chi connectivity index (χ0) is 54.0. The number of nitro benzene ring substituents is 1. The second-order valence-electron chi connectivity index (χ2n) is 22.6. The number of nitro groups is 1. The van der Waals surface area contributed by atoms with Crippen LogP contribution in [0.4, 0.5) is 34.1 Å². The molecule has 4 saturated heterocycles. The van der Waals surface area contributed by atoms with Gasteiger partial charge in [0.15, 0.2) is 11.4 Å². The van der Waals surface area contributed by atoms with Gasteiger partial charge < -0.3 is 48.7 Å². The molecule has 9 heterocycles. The van der Waals surface area contributed by atoms with E-state index >= 15 is 0 Å². The number of hydrogen-bond donors (Lipinski definition) is 3. The molecule has 4 atom stereocenters. The van der Waals surface area contributed by atoms with Crippen molar-refractivity contribution in [3.8, 4) is 17.4 Å². The Kier molecular flexibility index (Phi) is 13.5. The van der Waals surface area contributed by atoms with Crippen molar-refractivity contribution in [1.29, 1.82) is 0 Å². The Labute approximate surface area is 458 Å². The molecule has 1 amide bonds. The summed E-state index contributed by atoms with van der Waals surface area (Å²) in [4.78, 5) is 48.4. The topological polar surface area (TPSA) is 219 Å². The fourth-order valence-corrected chi connectivity index (χ4v) is 14.4. The molecule has 1 spiro atoms. The Morgan fingerprint density at radius 1 is 0.886 bits per heavy atom. The standard InChI is InChI=1S/C58H66N10O10S/c1-36(2)77-51-6-4-3-5-43(51)50-33-65(39-10-17-59-18-11-39)22-23-66(50)41-31-58(32-41)15-20-64(21-16-58)40-7-8-44(47(28-40)67-46-14-26-75-35-53(46)78-57-49(67)27-38-9-19-60-55(38)62-57)56(69)63-79(72,73)42-29-48(68(70)71)54-52(30-42)76-34-45(61-54)37-12-24-74-25-13-37/h3-11,17-19,27-30,36-37,41,45-46,50,53,61H,12-16,20-26,31-35H2,1-2H3,(H,60,62)(H,63,69)/t45-,46-,50-,53-/m0/s1. The monoisotopic (exact) mass is 1090 g/mol. The number of H-pyrrole nitrogens is 1. The number of para-hydroxylation sites is 1. The summed E-state index contributed by atoms with van der Waals surface area (Å²) >= 11 is 0. The normalized spacial score (nSPS) is 23.4. The average molecular weight is 1100 g/mol. The van der Waals surface area contributed by atoms with Gasteiger partial charge in [-0.1, -0.05) is 18.2 Å². The number of ether oxygens (including phenoxy) is 5. The highest BCUT2D eigenvalue weighted by Gasteiger charge is 2.51. The number of carbonyl (C=O) groups is 1. The molecule has 3 aromatic carbocycles. The Hall–Kier alpha value is -7.20. The third kappa shape index (κ3) is 9.81. The van der Waals surface area contributed by atoms with Crippen LogP contribution in [0.25, 0.3) is 11.0 Å². The summed E-state index contributed by atoms with van der Waals surface area (Å²) in [7, 11) is -4.71. The highest BCUT2D eigenvalue weighted by molar-refractivity contribution is 7.90. The van der Waals surface area contributed by atoms with Gasteiger partial charge in [-0.25, -0.2) is 13.1 Å². The van der Waals surface area contributed by atoms with Gasteiger partial charge in [0, 0.05) is 112 Å². The number of piperazine rings is 1. The van der Waals surface area contributed by atoms with Crippen LogP contribution in [-0.2, 0) is 19.5 Å². The molecule has 20 nitrogen and oxygen atoms in total. The van der Waals surface area contributed by atoms with E-state index in [2.05, 4.69) is 89.9 Å². The number of amides is 1. The Morgan fingerprint density at radius 2 is 1.68 bits per heavy atom. The maximum absolute atomic E-state index is 14.9. The van der Waals surface area contributed by atoms with Crippen molar-refractivity contribution < 1.29 is 41.8 Å². The van der Waals surface area contributed by atoms with E-state index in [9.17, 15) is 23.3 Å². The van der Waals surface area contributed by atoms with Crippen LogP contribution in [0.5, 0.6) is 17.4 Å². The van der Waals surface area contributed by atoms with Crippen LogP contribution in [0.3, 0.4) is 0 Å². The summed E-state index contributed by atoms with van der Waals surface area (Å²) in [5.74, 6) is 0.584. The summed E-state index contributed by atoms with van der Waals surface area (Å²) in [5, 5.41) is 16.7. The van der Waals surface area contributed by atoms with Gasteiger partial charge in [0.25, 0.3) is 21.6 Å². The molecule has 0 bridgehead atoms. The molecule has 6 aromatic rings. The number of sulfonamides is 1. The highest BCUT2D eigenvalue weighted by atomic mass is 32.2. The number of hydrogen-bond acceptors (Lipinski definition) is 17. The minimum atomic E-state index is -4.71. The van der Waals surface area contributed by atoms with E-state index in [1.54, 1.807) is 6.07 Å². The molecular formula is C58H66N10O10S. The molecule has 0 radical (unpaired) electrons. The average Bonchev–Trinajstić information content (AvgIpc) is 4.13. The summed E-state index contributed by atoms with van der Waals surface area (Å²) in [6.45, 7) is 10.5. The van der Waals surface area contributed by atoms with Gasteiger partial charge >= 0.3 is 0 Å². The lowest BCUT2D eigenvalue weighted by atomic mass is 9.59. The predicted octanol–water partition coefficient (Wildman–Crippen LogP) is 8.37. The molecular weight excluding hydrogens is 1030 g/mol. The van der Waals surface area contributed by atoms with Crippen molar-refractivity contribution in [2.75, 3.05) is 85.8 Å².